The lowest BCUT2D eigenvalue weighted by Crippen LogP contribution is -2.13. The molecule has 3 aromatic carbocycles. The van der Waals surface area contributed by atoms with E-state index in [0.717, 1.165) is 11.8 Å². The molecular weight excluding hydrogens is 478 g/mol. The fourth-order valence-electron chi connectivity index (χ4n) is 2.99. The van der Waals surface area contributed by atoms with Gasteiger partial charge >= 0.3 is 0 Å². The van der Waals surface area contributed by atoms with Crippen molar-refractivity contribution >= 4 is 50.2 Å². The van der Waals surface area contributed by atoms with E-state index in [1.54, 1.807) is 55.6 Å². The lowest BCUT2D eigenvalue weighted by atomic mass is 10.3. The van der Waals surface area contributed by atoms with E-state index in [0.29, 0.717) is 34.0 Å². The van der Waals surface area contributed by atoms with Crippen LogP contribution in [0, 0.1) is 0 Å². The summed E-state index contributed by atoms with van der Waals surface area (Å²) in [6.45, 7) is 0. The molecule has 0 unspecified atom stereocenters. The van der Waals surface area contributed by atoms with Crippen molar-refractivity contribution in [3.8, 4) is 11.5 Å². The molecule has 1 heterocycles. The number of benzene rings is 3. The fourth-order valence-corrected chi connectivity index (χ4v) is 4.70. The van der Waals surface area contributed by atoms with Gasteiger partial charge < -0.3 is 19.2 Å². The topological polar surface area (TPSA) is 120 Å². The van der Waals surface area contributed by atoms with Gasteiger partial charge in [0.15, 0.2) is 5.58 Å². The highest BCUT2D eigenvalue weighted by molar-refractivity contribution is 7.99. The van der Waals surface area contributed by atoms with Gasteiger partial charge in [-0.1, -0.05) is 11.8 Å². The van der Waals surface area contributed by atoms with Gasteiger partial charge in [-0.15, -0.1) is 0 Å². The first kappa shape index (κ1) is 23.5. The average Bonchev–Trinajstić information content (AvgIpc) is 3.26. The van der Waals surface area contributed by atoms with Crippen LogP contribution in [0.25, 0.3) is 11.1 Å². The molecule has 0 atom stereocenters. The zero-order valence-electron chi connectivity index (χ0n) is 18.3. The van der Waals surface area contributed by atoms with E-state index in [1.807, 2.05) is 0 Å². The number of rotatable bonds is 9. The molecule has 0 saturated carbocycles. The number of thioether (sulfide) groups is 1. The Bertz CT molecular complexity index is 1400. The summed E-state index contributed by atoms with van der Waals surface area (Å²) in [5, 5.41) is 3.04. The van der Waals surface area contributed by atoms with E-state index >= 15 is 0 Å². The van der Waals surface area contributed by atoms with Crippen molar-refractivity contribution in [2.45, 2.75) is 10.1 Å². The molecule has 11 heteroatoms. The van der Waals surface area contributed by atoms with Crippen molar-refractivity contribution < 1.29 is 27.1 Å². The summed E-state index contributed by atoms with van der Waals surface area (Å²) in [5.41, 5.74) is 1.83. The number of oxazole rings is 1. The van der Waals surface area contributed by atoms with E-state index in [4.69, 9.17) is 13.9 Å². The van der Waals surface area contributed by atoms with Crippen molar-refractivity contribution in [1.82, 2.24) is 4.98 Å². The van der Waals surface area contributed by atoms with Crippen LogP contribution in [0.1, 0.15) is 0 Å². The highest BCUT2D eigenvalue weighted by Crippen LogP contribution is 2.27. The fraction of sp³-hybridized carbons (Fsp3) is 0.130. The molecule has 2 N–H and O–H groups in total. The Hall–Kier alpha value is -3.70. The number of nitrogens with one attached hydrogen (secondary N) is 2. The first-order chi connectivity index (χ1) is 16.4. The smallest absolute Gasteiger partial charge is 0.261 e. The van der Waals surface area contributed by atoms with Gasteiger partial charge in [0.2, 0.25) is 5.91 Å². The van der Waals surface area contributed by atoms with Gasteiger partial charge in [-0.3, -0.25) is 9.52 Å². The zero-order valence-corrected chi connectivity index (χ0v) is 19.9. The predicted molar refractivity (Wildman–Crippen MR) is 130 cm³/mol. The van der Waals surface area contributed by atoms with Crippen LogP contribution >= 0.6 is 11.8 Å². The number of hydrogen-bond donors (Lipinski definition) is 2. The number of hydrogen-bond acceptors (Lipinski definition) is 8. The first-order valence-corrected chi connectivity index (χ1v) is 12.5. The quantitative estimate of drug-likeness (QED) is 0.326. The molecule has 0 aliphatic rings. The molecule has 0 radical (unpaired) electrons. The first-order valence-electron chi connectivity index (χ1n) is 10.0. The zero-order chi connectivity index (χ0) is 24.1. The van der Waals surface area contributed by atoms with Crippen LogP contribution in [0.5, 0.6) is 11.5 Å². The molecule has 4 rings (SSSR count). The van der Waals surface area contributed by atoms with Gasteiger partial charge in [0.1, 0.15) is 17.0 Å². The van der Waals surface area contributed by atoms with Crippen LogP contribution in [-0.4, -0.2) is 39.3 Å². The van der Waals surface area contributed by atoms with Gasteiger partial charge in [-0.25, -0.2) is 13.4 Å². The Labute approximate surface area is 200 Å². The van der Waals surface area contributed by atoms with Gasteiger partial charge in [-0.2, -0.15) is 0 Å². The minimum absolute atomic E-state index is 0.0397. The van der Waals surface area contributed by atoms with Crippen LogP contribution in [0.4, 0.5) is 11.4 Å². The van der Waals surface area contributed by atoms with E-state index in [2.05, 4.69) is 15.0 Å². The summed E-state index contributed by atoms with van der Waals surface area (Å²) in [5.74, 6) is 1.15. The molecule has 1 aromatic heterocycles. The minimum Gasteiger partial charge on any atom is -0.497 e. The van der Waals surface area contributed by atoms with Gasteiger partial charge in [0.05, 0.1) is 24.9 Å². The van der Waals surface area contributed by atoms with Crippen LogP contribution in [0.2, 0.25) is 0 Å². The molecule has 0 fully saturated rings. The lowest BCUT2D eigenvalue weighted by Gasteiger charge is -2.08. The van der Waals surface area contributed by atoms with Crippen molar-refractivity contribution in [2.24, 2.45) is 0 Å². The lowest BCUT2D eigenvalue weighted by molar-refractivity contribution is -0.113. The van der Waals surface area contributed by atoms with Crippen molar-refractivity contribution in [3.05, 3.63) is 66.7 Å². The Morgan fingerprint density at radius 1 is 0.941 bits per heavy atom. The predicted octanol–water partition coefficient (Wildman–Crippen LogP) is 4.38. The standard InChI is InChI=1S/C23H21N3O6S2/c1-30-17-7-3-15(4-8-17)24-22(27)14-33-23-25-20-13-19(11-12-21(20)32-23)34(28,29)26-16-5-9-18(31-2)10-6-16/h3-13,26H,14H2,1-2H3,(H,24,27). The van der Waals surface area contributed by atoms with Gasteiger partial charge in [0.25, 0.3) is 15.2 Å². The maximum absolute atomic E-state index is 12.8. The summed E-state index contributed by atoms with van der Waals surface area (Å²) in [6, 6.07) is 17.9. The molecular formula is C23H21N3O6S2. The normalized spacial score (nSPS) is 11.2. The molecule has 0 bridgehead atoms. The second kappa shape index (κ2) is 10.1. The third-order valence-electron chi connectivity index (χ3n) is 4.69. The van der Waals surface area contributed by atoms with Crippen LogP contribution in [-0.2, 0) is 14.8 Å². The van der Waals surface area contributed by atoms with E-state index in [9.17, 15) is 13.2 Å². The molecule has 176 valence electrons. The number of anilines is 2. The van der Waals surface area contributed by atoms with Gasteiger partial charge in [-0.05, 0) is 66.7 Å². The van der Waals surface area contributed by atoms with E-state index in [-0.39, 0.29) is 21.8 Å². The Morgan fingerprint density at radius 3 is 2.18 bits per heavy atom. The van der Waals surface area contributed by atoms with E-state index in [1.165, 1.54) is 25.3 Å². The largest absolute Gasteiger partial charge is 0.497 e. The third-order valence-corrected chi connectivity index (χ3v) is 6.90. The number of nitrogens with zero attached hydrogens (tertiary/aromatic N) is 1. The van der Waals surface area contributed by atoms with Gasteiger partial charge in [0, 0.05) is 11.4 Å². The molecule has 0 spiro atoms. The van der Waals surface area contributed by atoms with Crippen molar-refractivity contribution in [1.29, 1.82) is 0 Å². The average molecular weight is 500 g/mol. The number of sulfonamides is 1. The Balaban J connectivity index is 1.41. The third kappa shape index (κ3) is 5.61. The maximum Gasteiger partial charge on any atom is 0.261 e. The number of ether oxygens (including phenoxy) is 2. The molecule has 0 aliphatic carbocycles. The number of amides is 1. The molecule has 9 nitrogen and oxygen atoms in total. The monoisotopic (exact) mass is 499 g/mol. The summed E-state index contributed by atoms with van der Waals surface area (Å²) < 4.78 is 43.9. The van der Waals surface area contributed by atoms with Crippen molar-refractivity contribution in [3.63, 3.8) is 0 Å². The number of methoxy groups -OCH3 is 2. The molecule has 1 amide bonds. The number of aromatic nitrogens is 1. The van der Waals surface area contributed by atoms with Crippen LogP contribution in [0.3, 0.4) is 0 Å². The van der Waals surface area contributed by atoms with Crippen molar-refractivity contribution in [2.75, 3.05) is 30.0 Å². The summed E-state index contributed by atoms with van der Waals surface area (Å²) >= 11 is 1.11. The highest BCUT2D eigenvalue weighted by Gasteiger charge is 2.17. The molecule has 4 aromatic rings. The Kier molecular flexibility index (Phi) is 6.94. The molecule has 34 heavy (non-hydrogen) atoms. The summed E-state index contributed by atoms with van der Waals surface area (Å²) in [7, 11) is -0.729. The summed E-state index contributed by atoms with van der Waals surface area (Å²) in [4.78, 5) is 16.6. The van der Waals surface area contributed by atoms with Crippen LogP contribution in [0.15, 0.2) is 81.3 Å². The molecule has 0 aliphatic heterocycles. The Morgan fingerprint density at radius 2 is 1.56 bits per heavy atom. The second-order valence-corrected chi connectivity index (χ2v) is 9.62. The minimum atomic E-state index is -3.83. The number of fused-ring (bicyclic) bond motifs is 1. The highest BCUT2D eigenvalue weighted by atomic mass is 32.2. The SMILES string of the molecule is COc1ccc(NC(=O)CSc2nc3cc(S(=O)(=O)Nc4ccc(OC)cc4)ccc3o2)cc1. The maximum atomic E-state index is 12.8. The molecule has 0 saturated heterocycles. The number of carbonyl (C=O) groups excluding carboxylic acids is 1. The van der Waals surface area contributed by atoms with E-state index < -0.39 is 10.0 Å². The second-order valence-electron chi connectivity index (χ2n) is 7.01. The summed E-state index contributed by atoms with van der Waals surface area (Å²) in [6.07, 6.45) is 0. The van der Waals surface area contributed by atoms with Crippen LogP contribution < -0.4 is 19.5 Å². The number of carbonyl (C=O) groups is 1.